The number of nitro benzene ring substituents is 1. The van der Waals surface area contributed by atoms with Gasteiger partial charge in [-0.1, -0.05) is 0 Å². The molecule has 0 atom stereocenters. The maximum atomic E-state index is 10.5. The van der Waals surface area contributed by atoms with Crippen molar-refractivity contribution in [2.45, 2.75) is 0 Å². The van der Waals surface area contributed by atoms with Gasteiger partial charge in [0, 0.05) is 12.1 Å². The van der Waals surface area contributed by atoms with Crippen LogP contribution in [0.3, 0.4) is 0 Å². The summed E-state index contributed by atoms with van der Waals surface area (Å²) in [5.74, 6) is 0.587. The Bertz CT molecular complexity index is 564. The monoisotopic (exact) mass is 309 g/mol. The van der Waals surface area contributed by atoms with Crippen LogP contribution in [0.5, 0.6) is 0 Å². The van der Waals surface area contributed by atoms with Crippen molar-refractivity contribution < 1.29 is 9.34 Å². The highest BCUT2D eigenvalue weighted by Crippen LogP contribution is 2.16. The molecule has 0 radical (unpaired) electrons. The highest BCUT2D eigenvalue weighted by atomic mass is 79.9. The SMILES string of the molecule is O=[N+]([O-])c1ccc(N/N=C(\Br)c2ccco2)cc1. The fourth-order valence-electron chi connectivity index (χ4n) is 1.22. The van der Waals surface area contributed by atoms with Crippen LogP contribution in [0, 0.1) is 10.1 Å². The van der Waals surface area contributed by atoms with E-state index >= 15 is 0 Å². The summed E-state index contributed by atoms with van der Waals surface area (Å²) in [7, 11) is 0. The highest BCUT2D eigenvalue weighted by molar-refractivity contribution is 9.18. The summed E-state index contributed by atoms with van der Waals surface area (Å²) in [6.07, 6.45) is 1.54. The molecule has 18 heavy (non-hydrogen) atoms. The first-order valence-corrected chi connectivity index (χ1v) is 5.73. The quantitative estimate of drug-likeness (QED) is 0.533. The molecule has 1 aromatic heterocycles. The maximum absolute atomic E-state index is 10.5. The van der Waals surface area contributed by atoms with Crippen LogP contribution in [0.1, 0.15) is 5.76 Å². The van der Waals surface area contributed by atoms with Crippen LogP contribution in [0.4, 0.5) is 11.4 Å². The van der Waals surface area contributed by atoms with E-state index in [1.54, 1.807) is 24.3 Å². The largest absolute Gasteiger partial charge is 0.462 e. The van der Waals surface area contributed by atoms with Gasteiger partial charge < -0.3 is 4.42 Å². The van der Waals surface area contributed by atoms with E-state index < -0.39 is 4.92 Å². The lowest BCUT2D eigenvalue weighted by Gasteiger charge is -2.00. The van der Waals surface area contributed by atoms with Crippen molar-refractivity contribution in [2.24, 2.45) is 5.10 Å². The first kappa shape index (κ1) is 12.3. The van der Waals surface area contributed by atoms with E-state index in [4.69, 9.17) is 4.42 Å². The lowest BCUT2D eigenvalue weighted by atomic mass is 10.3. The predicted octanol–water partition coefficient (Wildman–Crippen LogP) is 3.36. The number of non-ortho nitro benzene ring substituents is 1. The molecule has 2 rings (SSSR count). The van der Waals surface area contributed by atoms with Crippen LogP contribution in [0.2, 0.25) is 0 Å². The Hall–Kier alpha value is -2.15. The summed E-state index contributed by atoms with van der Waals surface area (Å²) < 4.78 is 5.63. The number of nitrogens with one attached hydrogen (secondary N) is 1. The molecule has 0 saturated heterocycles. The number of anilines is 1. The number of hydrogen-bond acceptors (Lipinski definition) is 5. The second-order valence-corrected chi connectivity index (χ2v) is 4.05. The number of benzene rings is 1. The number of halogens is 1. The second kappa shape index (κ2) is 5.46. The van der Waals surface area contributed by atoms with E-state index in [1.807, 2.05) is 0 Å². The highest BCUT2D eigenvalue weighted by Gasteiger charge is 2.04. The summed E-state index contributed by atoms with van der Waals surface area (Å²) in [6, 6.07) is 9.45. The summed E-state index contributed by atoms with van der Waals surface area (Å²) in [5.41, 5.74) is 3.44. The minimum atomic E-state index is -0.453. The van der Waals surface area contributed by atoms with Crippen molar-refractivity contribution >= 4 is 31.9 Å². The Labute approximate surface area is 111 Å². The van der Waals surface area contributed by atoms with Crippen molar-refractivity contribution in [1.82, 2.24) is 0 Å². The van der Waals surface area contributed by atoms with Crippen molar-refractivity contribution in [2.75, 3.05) is 5.43 Å². The van der Waals surface area contributed by atoms with E-state index in [0.29, 0.717) is 16.1 Å². The molecule has 0 aliphatic carbocycles. The molecule has 1 aromatic carbocycles. The molecule has 0 saturated carbocycles. The molecule has 2 aromatic rings. The van der Waals surface area contributed by atoms with Crippen LogP contribution in [-0.4, -0.2) is 9.54 Å². The zero-order chi connectivity index (χ0) is 13.0. The molecule has 92 valence electrons. The van der Waals surface area contributed by atoms with Crippen LogP contribution >= 0.6 is 15.9 Å². The van der Waals surface area contributed by atoms with Gasteiger partial charge in [0.25, 0.3) is 5.69 Å². The van der Waals surface area contributed by atoms with Crippen molar-refractivity contribution in [3.8, 4) is 0 Å². The molecular weight excluding hydrogens is 302 g/mol. The van der Waals surface area contributed by atoms with E-state index in [0.717, 1.165) is 0 Å². The Morgan fingerprint density at radius 1 is 1.33 bits per heavy atom. The normalized spacial score (nSPS) is 11.3. The Kier molecular flexibility index (Phi) is 3.73. The molecule has 0 aliphatic rings. The van der Waals surface area contributed by atoms with E-state index in [1.165, 1.54) is 18.4 Å². The minimum absolute atomic E-state index is 0.0367. The zero-order valence-corrected chi connectivity index (χ0v) is 10.6. The van der Waals surface area contributed by atoms with Crippen LogP contribution < -0.4 is 5.43 Å². The molecule has 0 aliphatic heterocycles. The third kappa shape index (κ3) is 2.95. The molecule has 0 bridgehead atoms. The van der Waals surface area contributed by atoms with Crippen LogP contribution in [0.25, 0.3) is 0 Å². The molecule has 0 spiro atoms. The van der Waals surface area contributed by atoms with Gasteiger partial charge in [0.1, 0.15) is 0 Å². The standard InChI is InChI=1S/C11H8BrN3O3/c12-11(10-2-1-7-18-10)14-13-8-3-5-9(6-4-8)15(16)17/h1-7,13H/b14-11-. The van der Waals surface area contributed by atoms with Crippen LogP contribution in [0.15, 0.2) is 52.2 Å². The molecular formula is C11H8BrN3O3. The third-order valence-corrected chi connectivity index (χ3v) is 2.65. The van der Waals surface area contributed by atoms with Gasteiger partial charge >= 0.3 is 0 Å². The van der Waals surface area contributed by atoms with Gasteiger partial charge in [0.2, 0.25) is 0 Å². The fraction of sp³-hybridized carbons (Fsp3) is 0. The molecule has 1 heterocycles. The maximum Gasteiger partial charge on any atom is 0.269 e. The Morgan fingerprint density at radius 3 is 2.61 bits per heavy atom. The van der Waals surface area contributed by atoms with Gasteiger partial charge in [0.05, 0.1) is 16.9 Å². The Balaban J connectivity index is 2.06. The van der Waals surface area contributed by atoms with E-state index in [-0.39, 0.29) is 5.69 Å². The van der Waals surface area contributed by atoms with Gasteiger partial charge in [0.15, 0.2) is 10.4 Å². The number of nitro groups is 1. The van der Waals surface area contributed by atoms with E-state index in [2.05, 4.69) is 26.5 Å². The molecule has 7 heteroatoms. The Morgan fingerprint density at radius 2 is 2.06 bits per heavy atom. The summed E-state index contributed by atoms with van der Waals surface area (Å²) in [4.78, 5) is 10.0. The first-order valence-electron chi connectivity index (χ1n) is 4.94. The lowest BCUT2D eigenvalue weighted by molar-refractivity contribution is -0.384. The number of rotatable bonds is 4. The number of furan rings is 1. The van der Waals surface area contributed by atoms with E-state index in [9.17, 15) is 10.1 Å². The number of nitrogens with zero attached hydrogens (tertiary/aromatic N) is 2. The average molecular weight is 310 g/mol. The van der Waals surface area contributed by atoms with Crippen LogP contribution in [-0.2, 0) is 0 Å². The van der Waals surface area contributed by atoms with Gasteiger partial charge in [-0.05, 0) is 40.2 Å². The minimum Gasteiger partial charge on any atom is -0.462 e. The van der Waals surface area contributed by atoms with Crippen molar-refractivity contribution in [3.05, 3.63) is 58.5 Å². The summed E-state index contributed by atoms with van der Waals surface area (Å²) in [5, 5.41) is 14.5. The van der Waals surface area contributed by atoms with Gasteiger partial charge in [-0.3, -0.25) is 15.5 Å². The lowest BCUT2D eigenvalue weighted by Crippen LogP contribution is -1.95. The topological polar surface area (TPSA) is 80.7 Å². The molecule has 0 amide bonds. The average Bonchev–Trinajstić information content (AvgIpc) is 2.90. The van der Waals surface area contributed by atoms with Gasteiger partial charge in [-0.25, -0.2) is 0 Å². The molecule has 1 N–H and O–H groups in total. The first-order chi connectivity index (χ1) is 8.66. The smallest absolute Gasteiger partial charge is 0.269 e. The molecule has 0 unspecified atom stereocenters. The fourth-order valence-corrected chi connectivity index (χ4v) is 1.54. The second-order valence-electron chi connectivity index (χ2n) is 3.30. The predicted molar refractivity (Wildman–Crippen MR) is 70.9 cm³/mol. The summed E-state index contributed by atoms with van der Waals surface area (Å²) >= 11 is 3.25. The molecule has 0 fully saturated rings. The number of hydrazone groups is 1. The van der Waals surface area contributed by atoms with Gasteiger partial charge in [-0.2, -0.15) is 5.10 Å². The molecule has 6 nitrogen and oxygen atoms in total. The van der Waals surface area contributed by atoms with Crippen molar-refractivity contribution in [1.29, 1.82) is 0 Å². The summed E-state index contributed by atoms with van der Waals surface area (Å²) in [6.45, 7) is 0. The zero-order valence-electron chi connectivity index (χ0n) is 9.04. The third-order valence-electron chi connectivity index (χ3n) is 2.09. The van der Waals surface area contributed by atoms with Gasteiger partial charge in [-0.15, -0.1) is 0 Å². The van der Waals surface area contributed by atoms with Crippen molar-refractivity contribution in [3.63, 3.8) is 0 Å². The number of hydrogen-bond donors (Lipinski definition) is 1.